The molecular formula is C25H31FN2O2. The summed E-state index contributed by atoms with van der Waals surface area (Å²) in [4.78, 5) is 4.99. The van der Waals surface area contributed by atoms with E-state index in [9.17, 15) is 4.39 Å². The van der Waals surface area contributed by atoms with Crippen LogP contribution in [0.25, 0.3) is 0 Å². The number of ether oxygens (including phenoxy) is 2. The van der Waals surface area contributed by atoms with Crippen LogP contribution in [0, 0.1) is 5.82 Å². The summed E-state index contributed by atoms with van der Waals surface area (Å²) in [5.74, 6) is 0.134. The molecule has 5 heteroatoms. The Bertz CT molecular complexity index is 881. The van der Waals surface area contributed by atoms with Gasteiger partial charge in [-0.05, 0) is 47.2 Å². The summed E-state index contributed by atoms with van der Waals surface area (Å²) in [7, 11) is 1.76. The molecule has 2 aromatic carbocycles. The van der Waals surface area contributed by atoms with Gasteiger partial charge < -0.3 is 9.47 Å². The number of hydrogen-bond acceptors (Lipinski definition) is 4. The summed E-state index contributed by atoms with van der Waals surface area (Å²) >= 11 is 0. The summed E-state index contributed by atoms with van der Waals surface area (Å²) < 4.78 is 26.0. The average Bonchev–Trinajstić information content (AvgIpc) is 3.13. The van der Waals surface area contributed by atoms with Gasteiger partial charge in [-0.25, -0.2) is 4.39 Å². The lowest BCUT2D eigenvalue weighted by atomic mass is 9.87. The molecule has 0 unspecified atom stereocenters. The van der Waals surface area contributed by atoms with E-state index in [-0.39, 0.29) is 18.0 Å². The number of halogens is 1. The molecule has 0 spiro atoms. The molecule has 1 aliphatic carbocycles. The fourth-order valence-corrected chi connectivity index (χ4v) is 5.42. The van der Waals surface area contributed by atoms with Crippen LogP contribution in [0.4, 0.5) is 4.39 Å². The molecule has 0 bridgehead atoms. The predicted octanol–water partition coefficient (Wildman–Crippen LogP) is 3.61. The van der Waals surface area contributed by atoms with Gasteiger partial charge in [-0.3, -0.25) is 9.80 Å². The van der Waals surface area contributed by atoms with E-state index in [0.29, 0.717) is 5.92 Å². The van der Waals surface area contributed by atoms with Crippen LogP contribution in [0.3, 0.4) is 0 Å². The number of fused-ring (bicyclic) bond motifs is 5. The van der Waals surface area contributed by atoms with Crippen LogP contribution in [-0.2, 0) is 15.9 Å². The Morgan fingerprint density at radius 2 is 1.77 bits per heavy atom. The van der Waals surface area contributed by atoms with Crippen molar-refractivity contribution in [3.63, 3.8) is 0 Å². The monoisotopic (exact) mass is 410 g/mol. The summed E-state index contributed by atoms with van der Waals surface area (Å²) in [5.41, 5.74) is 4.98. The van der Waals surface area contributed by atoms with E-state index in [0.717, 1.165) is 64.3 Å². The number of methoxy groups -OCH3 is 1. The van der Waals surface area contributed by atoms with Gasteiger partial charge in [0.15, 0.2) is 0 Å². The van der Waals surface area contributed by atoms with Gasteiger partial charge in [0.2, 0.25) is 0 Å². The molecule has 2 aromatic rings. The Hall–Kier alpha value is -1.79. The van der Waals surface area contributed by atoms with Crippen molar-refractivity contribution in [3.8, 4) is 0 Å². The highest BCUT2D eigenvalue weighted by atomic mass is 19.1. The predicted molar refractivity (Wildman–Crippen MR) is 115 cm³/mol. The van der Waals surface area contributed by atoms with E-state index >= 15 is 0 Å². The third kappa shape index (κ3) is 4.04. The molecule has 4 nitrogen and oxygen atoms in total. The standard InChI is InChI=1S/C25H31FN2O2/c1-29-13-12-27-8-10-28(11-9-27)17-21-16-24-22-5-3-2-4-18(22)14-19-6-7-20(26)15-23(19)25(24)30-21/h2-7,15,21,24-25H,8-14,16-17H2,1H3/t21-,24-,25-/m1/s1. The average molecular weight is 411 g/mol. The Balaban J connectivity index is 1.32. The van der Waals surface area contributed by atoms with Gasteiger partial charge in [-0.15, -0.1) is 0 Å². The minimum atomic E-state index is -0.169. The van der Waals surface area contributed by atoms with E-state index < -0.39 is 0 Å². The zero-order valence-corrected chi connectivity index (χ0v) is 17.7. The van der Waals surface area contributed by atoms with Crippen LogP contribution in [0.2, 0.25) is 0 Å². The first-order valence-corrected chi connectivity index (χ1v) is 11.2. The van der Waals surface area contributed by atoms with Crippen molar-refractivity contribution in [3.05, 3.63) is 70.5 Å². The zero-order chi connectivity index (χ0) is 20.5. The lowest BCUT2D eigenvalue weighted by molar-refractivity contribution is 0.00719. The molecule has 0 radical (unpaired) electrons. The lowest BCUT2D eigenvalue weighted by Gasteiger charge is -2.35. The minimum absolute atomic E-state index is 0.0488. The van der Waals surface area contributed by atoms with Gasteiger partial charge in [-0.1, -0.05) is 30.3 Å². The summed E-state index contributed by atoms with van der Waals surface area (Å²) in [6.45, 7) is 7.07. The van der Waals surface area contributed by atoms with E-state index in [1.165, 1.54) is 16.7 Å². The van der Waals surface area contributed by atoms with E-state index in [4.69, 9.17) is 9.47 Å². The summed E-state index contributed by atoms with van der Waals surface area (Å²) in [6, 6.07) is 13.9. The molecule has 0 aromatic heterocycles. The number of nitrogens with zero attached hydrogens (tertiary/aromatic N) is 2. The highest BCUT2D eigenvalue weighted by molar-refractivity contribution is 5.45. The second kappa shape index (κ2) is 8.75. The minimum Gasteiger partial charge on any atom is -0.383 e. The maximum absolute atomic E-state index is 14.1. The van der Waals surface area contributed by atoms with E-state index in [1.807, 2.05) is 6.07 Å². The maximum Gasteiger partial charge on any atom is 0.123 e. The van der Waals surface area contributed by atoms with Gasteiger partial charge in [0.05, 0.1) is 18.8 Å². The smallest absolute Gasteiger partial charge is 0.123 e. The van der Waals surface area contributed by atoms with Crippen molar-refractivity contribution < 1.29 is 13.9 Å². The number of benzene rings is 2. The molecule has 3 aliphatic rings. The van der Waals surface area contributed by atoms with Crippen LogP contribution in [0.15, 0.2) is 42.5 Å². The molecule has 2 heterocycles. The summed E-state index contributed by atoms with van der Waals surface area (Å²) in [5, 5.41) is 0. The lowest BCUT2D eigenvalue weighted by Crippen LogP contribution is -2.49. The first-order valence-electron chi connectivity index (χ1n) is 11.2. The SMILES string of the molecule is COCCN1CCN(C[C@H]2C[C@@H]3c4ccccc4Cc4ccc(F)cc4[C@H]3O2)CC1. The van der Waals surface area contributed by atoms with Crippen molar-refractivity contribution in [2.45, 2.75) is 31.0 Å². The first kappa shape index (κ1) is 20.1. The molecule has 0 N–H and O–H groups in total. The van der Waals surface area contributed by atoms with Crippen LogP contribution in [0.1, 0.15) is 40.7 Å². The topological polar surface area (TPSA) is 24.9 Å². The Morgan fingerprint density at radius 1 is 1.00 bits per heavy atom. The highest BCUT2D eigenvalue weighted by Gasteiger charge is 2.41. The van der Waals surface area contributed by atoms with Crippen LogP contribution in [0.5, 0.6) is 0 Å². The molecule has 160 valence electrons. The van der Waals surface area contributed by atoms with Gasteiger partial charge >= 0.3 is 0 Å². The molecule has 0 saturated carbocycles. The van der Waals surface area contributed by atoms with Gasteiger partial charge in [-0.2, -0.15) is 0 Å². The van der Waals surface area contributed by atoms with Crippen molar-refractivity contribution >= 4 is 0 Å². The molecule has 5 rings (SSSR count). The largest absolute Gasteiger partial charge is 0.383 e. The van der Waals surface area contributed by atoms with Crippen molar-refractivity contribution in [1.29, 1.82) is 0 Å². The third-order valence-corrected chi connectivity index (χ3v) is 7.01. The zero-order valence-electron chi connectivity index (χ0n) is 17.7. The van der Waals surface area contributed by atoms with Crippen molar-refractivity contribution in [1.82, 2.24) is 9.80 Å². The Morgan fingerprint density at radius 3 is 2.60 bits per heavy atom. The Kier molecular flexibility index (Phi) is 5.87. The number of rotatable bonds is 5. The molecule has 2 aliphatic heterocycles. The van der Waals surface area contributed by atoms with Crippen LogP contribution in [-0.4, -0.2) is 68.9 Å². The fraction of sp³-hybridized carbons (Fsp3) is 0.520. The van der Waals surface area contributed by atoms with Crippen LogP contribution >= 0.6 is 0 Å². The number of hydrogen-bond donors (Lipinski definition) is 0. The van der Waals surface area contributed by atoms with E-state index in [1.54, 1.807) is 19.2 Å². The Labute approximate surface area is 178 Å². The normalized spacial score (nSPS) is 26.7. The second-order valence-corrected chi connectivity index (χ2v) is 8.87. The number of piperazine rings is 1. The molecule has 2 fully saturated rings. The molecule has 2 saturated heterocycles. The third-order valence-electron chi connectivity index (χ3n) is 7.01. The van der Waals surface area contributed by atoms with Crippen LogP contribution < -0.4 is 0 Å². The van der Waals surface area contributed by atoms with Crippen molar-refractivity contribution in [2.24, 2.45) is 0 Å². The molecule has 30 heavy (non-hydrogen) atoms. The molecular weight excluding hydrogens is 379 g/mol. The maximum atomic E-state index is 14.1. The highest BCUT2D eigenvalue weighted by Crippen LogP contribution is 2.49. The van der Waals surface area contributed by atoms with Crippen molar-refractivity contribution in [2.75, 3.05) is 53.0 Å². The van der Waals surface area contributed by atoms with Gasteiger partial charge in [0, 0.05) is 52.3 Å². The summed E-state index contributed by atoms with van der Waals surface area (Å²) in [6.07, 6.45) is 2.00. The molecule has 0 amide bonds. The fourth-order valence-electron chi connectivity index (χ4n) is 5.42. The first-order chi connectivity index (χ1) is 14.7. The molecule has 3 atom stereocenters. The van der Waals surface area contributed by atoms with Gasteiger partial charge in [0.1, 0.15) is 5.82 Å². The quantitative estimate of drug-likeness (QED) is 0.752. The van der Waals surface area contributed by atoms with E-state index in [2.05, 4.69) is 34.1 Å². The van der Waals surface area contributed by atoms with Gasteiger partial charge in [0.25, 0.3) is 0 Å². The second-order valence-electron chi connectivity index (χ2n) is 8.87.